The number of ether oxygens (including phenoxy) is 2. The fourth-order valence-electron chi connectivity index (χ4n) is 2.88. The van der Waals surface area contributed by atoms with Crippen molar-refractivity contribution < 1.29 is 28.1 Å². The SMILES string of the molecule is COc1ccccc1NC(=O)Cc1noc(COC(=O)c2ccc(-c3nc(C)no3)cc2)n1. The van der Waals surface area contributed by atoms with Crippen molar-refractivity contribution in [2.45, 2.75) is 20.0 Å². The molecule has 11 nitrogen and oxygen atoms in total. The Morgan fingerprint density at radius 2 is 1.79 bits per heavy atom. The molecule has 0 saturated carbocycles. The van der Waals surface area contributed by atoms with Crippen LogP contribution in [-0.4, -0.2) is 39.3 Å². The Morgan fingerprint density at radius 3 is 2.52 bits per heavy atom. The fourth-order valence-corrected chi connectivity index (χ4v) is 2.88. The summed E-state index contributed by atoms with van der Waals surface area (Å²) in [7, 11) is 1.51. The van der Waals surface area contributed by atoms with Crippen LogP contribution in [0.5, 0.6) is 5.75 Å². The molecule has 33 heavy (non-hydrogen) atoms. The number of para-hydroxylation sites is 2. The summed E-state index contributed by atoms with van der Waals surface area (Å²) in [5.41, 5.74) is 1.54. The quantitative estimate of drug-likeness (QED) is 0.399. The number of carbonyl (C=O) groups excluding carboxylic acids is 2. The second-order valence-corrected chi connectivity index (χ2v) is 6.83. The Morgan fingerprint density at radius 1 is 1.00 bits per heavy atom. The molecular weight excluding hydrogens is 430 g/mol. The van der Waals surface area contributed by atoms with Gasteiger partial charge in [0, 0.05) is 5.56 Å². The third-order valence-electron chi connectivity index (χ3n) is 4.43. The van der Waals surface area contributed by atoms with Crippen LogP contribution in [0.1, 0.15) is 27.9 Å². The van der Waals surface area contributed by atoms with Gasteiger partial charge in [0.05, 0.1) is 24.8 Å². The van der Waals surface area contributed by atoms with Crippen molar-refractivity contribution in [2.24, 2.45) is 0 Å². The Bertz CT molecular complexity index is 1260. The molecule has 2 aromatic carbocycles. The molecule has 11 heteroatoms. The van der Waals surface area contributed by atoms with E-state index < -0.39 is 5.97 Å². The number of methoxy groups -OCH3 is 1. The number of nitrogens with zero attached hydrogens (tertiary/aromatic N) is 4. The van der Waals surface area contributed by atoms with E-state index in [0.717, 1.165) is 0 Å². The number of hydrogen-bond acceptors (Lipinski definition) is 10. The molecule has 0 radical (unpaired) electrons. The van der Waals surface area contributed by atoms with Gasteiger partial charge in [-0.25, -0.2) is 4.79 Å². The highest BCUT2D eigenvalue weighted by Gasteiger charge is 2.15. The summed E-state index contributed by atoms with van der Waals surface area (Å²) >= 11 is 0. The highest BCUT2D eigenvalue weighted by atomic mass is 16.6. The Kier molecular flexibility index (Phi) is 6.39. The van der Waals surface area contributed by atoms with Crippen LogP contribution in [0.4, 0.5) is 5.69 Å². The van der Waals surface area contributed by atoms with E-state index in [-0.39, 0.29) is 30.7 Å². The monoisotopic (exact) mass is 449 g/mol. The molecule has 168 valence electrons. The normalized spacial score (nSPS) is 10.6. The molecule has 0 unspecified atom stereocenters. The van der Waals surface area contributed by atoms with Crippen LogP contribution in [0.15, 0.2) is 57.6 Å². The average Bonchev–Trinajstić information content (AvgIpc) is 3.46. The highest BCUT2D eigenvalue weighted by molar-refractivity contribution is 5.93. The van der Waals surface area contributed by atoms with Gasteiger partial charge in [-0.05, 0) is 43.3 Å². The predicted octanol–water partition coefficient (Wildman–Crippen LogP) is 2.97. The Labute approximate surface area is 187 Å². The number of aromatic nitrogens is 4. The van der Waals surface area contributed by atoms with E-state index in [1.807, 2.05) is 0 Å². The number of hydrogen-bond donors (Lipinski definition) is 1. The largest absolute Gasteiger partial charge is 0.495 e. The molecule has 0 saturated heterocycles. The number of aryl methyl sites for hydroxylation is 1. The van der Waals surface area contributed by atoms with E-state index in [2.05, 4.69) is 25.6 Å². The smallest absolute Gasteiger partial charge is 0.338 e. The maximum atomic E-state index is 12.3. The predicted molar refractivity (Wildman–Crippen MR) is 113 cm³/mol. The summed E-state index contributed by atoms with van der Waals surface area (Å²) in [5, 5.41) is 10.2. The van der Waals surface area contributed by atoms with Crippen LogP contribution in [0.25, 0.3) is 11.5 Å². The van der Waals surface area contributed by atoms with Gasteiger partial charge in [-0.3, -0.25) is 4.79 Å². The van der Waals surface area contributed by atoms with Crippen LogP contribution >= 0.6 is 0 Å². The minimum Gasteiger partial charge on any atom is -0.495 e. The lowest BCUT2D eigenvalue weighted by Gasteiger charge is -2.08. The molecule has 1 amide bonds. The molecule has 1 N–H and O–H groups in total. The summed E-state index contributed by atoms with van der Waals surface area (Å²) in [6.45, 7) is 1.49. The summed E-state index contributed by atoms with van der Waals surface area (Å²) in [4.78, 5) is 32.7. The van der Waals surface area contributed by atoms with Gasteiger partial charge in [0.2, 0.25) is 5.91 Å². The lowest BCUT2D eigenvalue weighted by atomic mass is 10.1. The summed E-state index contributed by atoms with van der Waals surface area (Å²) in [6.07, 6.45) is -0.119. The molecule has 0 spiro atoms. The van der Waals surface area contributed by atoms with Crippen molar-refractivity contribution >= 4 is 17.6 Å². The minimum absolute atomic E-state index is 0.0707. The van der Waals surface area contributed by atoms with Crippen molar-refractivity contribution in [1.82, 2.24) is 20.3 Å². The molecule has 0 aliphatic heterocycles. The number of anilines is 1. The van der Waals surface area contributed by atoms with E-state index in [1.165, 1.54) is 7.11 Å². The maximum absolute atomic E-state index is 12.3. The van der Waals surface area contributed by atoms with Gasteiger partial charge in [-0.15, -0.1) is 0 Å². The van der Waals surface area contributed by atoms with Gasteiger partial charge in [-0.1, -0.05) is 22.4 Å². The second kappa shape index (κ2) is 9.73. The van der Waals surface area contributed by atoms with Crippen LogP contribution in [0.3, 0.4) is 0 Å². The zero-order chi connectivity index (χ0) is 23.2. The number of carbonyl (C=O) groups is 2. The zero-order valence-corrected chi connectivity index (χ0v) is 17.8. The van der Waals surface area contributed by atoms with E-state index in [9.17, 15) is 9.59 Å². The molecule has 0 bridgehead atoms. The molecule has 4 aromatic rings. The third-order valence-corrected chi connectivity index (χ3v) is 4.43. The first-order valence-electron chi connectivity index (χ1n) is 9.84. The van der Waals surface area contributed by atoms with Gasteiger partial charge >= 0.3 is 5.97 Å². The zero-order valence-electron chi connectivity index (χ0n) is 17.8. The van der Waals surface area contributed by atoms with Crippen LogP contribution < -0.4 is 10.1 Å². The van der Waals surface area contributed by atoms with Crippen molar-refractivity contribution in [1.29, 1.82) is 0 Å². The van der Waals surface area contributed by atoms with Crippen LogP contribution in [-0.2, 0) is 22.6 Å². The molecule has 0 aliphatic carbocycles. The first kappa shape index (κ1) is 21.7. The van der Waals surface area contributed by atoms with E-state index >= 15 is 0 Å². The lowest BCUT2D eigenvalue weighted by molar-refractivity contribution is -0.115. The molecule has 4 rings (SSSR count). The fraction of sp³-hybridized carbons (Fsp3) is 0.182. The lowest BCUT2D eigenvalue weighted by Crippen LogP contribution is -2.15. The summed E-state index contributed by atoms with van der Waals surface area (Å²) < 4.78 is 20.5. The molecule has 0 fully saturated rings. The Balaban J connectivity index is 1.29. The first-order valence-corrected chi connectivity index (χ1v) is 9.84. The van der Waals surface area contributed by atoms with Crippen LogP contribution in [0.2, 0.25) is 0 Å². The summed E-state index contributed by atoms with van der Waals surface area (Å²) in [5.74, 6) is 0.725. The van der Waals surface area contributed by atoms with E-state index in [1.54, 1.807) is 55.5 Å². The van der Waals surface area contributed by atoms with Crippen LogP contribution in [0, 0.1) is 6.92 Å². The number of amides is 1. The van der Waals surface area contributed by atoms with Gasteiger partial charge in [0.1, 0.15) is 5.75 Å². The number of benzene rings is 2. The average molecular weight is 449 g/mol. The molecule has 0 atom stereocenters. The number of nitrogens with one attached hydrogen (secondary N) is 1. The highest BCUT2D eigenvalue weighted by Crippen LogP contribution is 2.23. The molecule has 0 aliphatic rings. The van der Waals surface area contributed by atoms with Crippen molar-refractivity contribution in [3.8, 4) is 17.2 Å². The third kappa shape index (κ3) is 5.39. The molecular formula is C22H19N5O6. The topological polar surface area (TPSA) is 142 Å². The maximum Gasteiger partial charge on any atom is 0.338 e. The van der Waals surface area contributed by atoms with E-state index in [0.29, 0.717) is 34.3 Å². The van der Waals surface area contributed by atoms with Crippen molar-refractivity contribution in [2.75, 3.05) is 12.4 Å². The molecule has 2 aromatic heterocycles. The number of esters is 1. The van der Waals surface area contributed by atoms with Crippen molar-refractivity contribution in [3.63, 3.8) is 0 Å². The van der Waals surface area contributed by atoms with Gasteiger partial charge in [-0.2, -0.15) is 9.97 Å². The van der Waals surface area contributed by atoms with Crippen molar-refractivity contribution in [3.05, 3.63) is 71.6 Å². The standard InChI is InChI=1S/C22H19N5O6/c1-13-23-21(33-26-13)14-7-9-15(10-8-14)22(29)31-12-20-25-18(27-32-20)11-19(28)24-16-5-3-4-6-17(16)30-2/h3-10H,11-12H2,1-2H3,(H,24,28). The second-order valence-electron chi connectivity index (χ2n) is 6.83. The van der Waals surface area contributed by atoms with Gasteiger partial charge < -0.3 is 23.8 Å². The minimum atomic E-state index is -0.572. The van der Waals surface area contributed by atoms with Gasteiger partial charge in [0.15, 0.2) is 18.3 Å². The Hall–Kier alpha value is -4.54. The first-order chi connectivity index (χ1) is 16.0. The molecule has 2 heterocycles. The van der Waals surface area contributed by atoms with E-state index in [4.69, 9.17) is 18.5 Å². The number of rotatable bonds is 8. The van der Waals surface area contributed by atoms with Gasteiger partial charge in [0.25, 0.3) is 11.8 Å². The summed E-state index contributed by atoms with van der Waals surface area (Å²) in [6, 6.07) is 13.5.